The standard InChI is InChI=1S/C15H19N3O2/c19-13-10-15(11-17-13)3-7-18(8-4-15)14(20)9-12-1-5-16-6-2-12/h1-2,5-6H,3-4,7-11H2,(H,17,19). The number of likely N-dealkylation sites (tertiary alicyclic amines) is 1. The van der Waals surface area contributed by atoms with Gasteiger partial charge in [0.2, 0.25) is 11.8 Å². The summed E-state index contributed by atoms with van der Waals surface area (Å²) in [6.45, 7) is 2.30. The fourth-order valence-corrected chi connectivity index (χ4v) is 3.12. The highest BCUT2D eigenvalue weighted by molar-refractivity contribution is 5.80. The monoisotopic (exact) mass is 273 g/mol. The first-order valence-electron chi connectivity index (χ1n) is 7.10. The summed E-state index contributed by atoms with van der Waals surface area (Å²) in [4.78, 5) is 29.5. The van der Waals surface area contributed by atoms with E-state index < -0.39 is 0 Å². The van der Waals surface area contributed by atoms with Crippen LogP contribution in [0.4, 0.5) is 0 Å². The Kier molecular flexibility index (Phi) is 3.42. The van der Waals surface area contributed by atoms with E-state index in [-0.39, 0.29) is 17.2 Å². The number of carbonyl (C=O) groups excluding carboxylic acids is 2. The molecule has 1 aromatic rings. The first-order chi connectivity index (χ1) is 9.67. The van der Waals surface area contributed by atoms with E-state index in [4.69, 9.17) is 0 Å². The van der Waals surface area contributed by atoms with Crippen molar-refractivity contribution in [1.82, 2.24) is 15.2 Å². The first kappa shape index (κ1) is 13.1. The normalized spacial score (nSPS) is 21.0. The van der Waals surface area contributed by atoms with E-state index in [2.05, 4.69) is 10.3 Å². The Labute approximate surface area is 118 Å². The lowest BCUT2D eigenvalue weighted by Gasteiger charge is -2.38. The van der Waals surface area contributed by atoms with Crippen LogP contribution in [0.25, 0.3) is 0 Å². The average molecular weight is 273 g/mol. The molecule has 5 heteroatoms. The number of amides is 2. The second-order valence-electron chi connectivity index (χ2n) is 5.87. The van der Waals surface area contributed by atoms with Crippen molar-refractivity contribution >= 4 is 11.8 Å². The van der Waals surface area contributed by atoms with Gasteiger partial charge in [-0.15, -0.1) is 0 Å². The molecule has 2 amide bonds. The summed E-state index contributed by atoms with van der Waals surface area (Å²) in [6, 6.07) is 3.76. The van der Waals surface area contributed by atoms with Crippen molar-refractivity contribution in [2.24, 2.45) is 5.41 Å². The number of pyridine rings is 1. The zero-order valence-electron chi connectivity index (χ0n) is 11.5. The van der Waals surface area contributed by atoms with Gasteiger partial charge in [-0.1, -0.05) is 0 Å². The number of hydrogen-bond donors (Lipinski definition) is 1. The summed E-state index contributed by atoms with van der Waals surface area (Å²) in [5.41, 5.74) is 1.10. The molecule has 0 unspecified atom stereocenters. The fourth-order valence-electron chi connectivity index (χ4n) is 3.12. The Hall–Kier alpha value is -1.91. The molecular weight excluding hydrogens is 254 g/mol. The zero-order chi connectivity index (χ0) is 14.0. The van der Waals surface area contributed by atoms with Crippen molar-refractivity contribution in [2.45, 2.75) is 25.7 Å². The lowest BCUT2D eigenvalue weighted by molar-refractivity contribution is -0.132. The van der Waals surface area contributed by atoms with E-state index in [0.717, 1.165) is 38.0 Å². The molecule has 0 bridgehead atoms. The first-order valence-corrected chi connectivity index (χ1v) is 7.10. The van der Waals surface area contributed by atoms with E-state index in [1.54, 1.807) is 12.4 Å². The molecule has 0 saturated carbocycles. The van der Waals surface area contributed by atoms with Crippen LogP contribution in [0.5, 0.6) is 0 Å². The van der Waals surface area contributed by atoms with Crippen LogP contribution in [-0.4, -0.2) is 41.3 Å². The molecule has 2 aliphatic rings. The highest BCUT2D eigenvalue weighted by atomic mass is 16.2. The SMILES string of the molecule is O=C1CC2(CCN(C(=O)Cc3ccncc3)CC2)CN1. The lowest BCUT2D eigenvalue weighted by Crippen LogP contribution is -2.44. The molecule has 0 aliphatic carbocycles. The predicted octanol–water partition coefficient (Wildman–Crippen LogP) is 0.753. The maximum atomic E-state index is 12.3. The van der Waals surface area contributed by atoms with Crippen molar-refractivity contribution in [2.75, 3.05) is 19.6 Å². The second-order valence-corrected chi connectivity index (χ2v) is 5.87. The Morgan fingerprint density at radius 2 is 2.00 bits per heavy atom. The van der Waals surface area contributed by atoms with Gasteiger partial charge < -0.3 is 10.2 Å². The van der Waals surface area contributed by atoms with Crippen molar-refractivity contribution in [3.63, 3.8) is 0 Å². The van der Waals surface area contributed by atoms with Crippen LogP contribution in [0.15, 0.2) is 24.5 Å². The predicted molar refractivity (Wildman–Crippen MR) is 73.8 cm³/mol. The van der Waals surface area contributed by atoms with Crippen LogP contribution < -0.4 is 5.32 Å². The molecular formula is C15H19N3O2. The highest BCUT2D eigenvalue weighted by Gasteiger charge is 2.41. The molecule has 1 aromatic heterocycles. The van der Waals surface area contributed by atoms with Crippen LogP contribution >= 0.6 is 0 Å². The minimum absolute atomic E-state index is 0.102. The van der Waals surface area contributed by atoms with Crippen molar-refractivity contribution in [1.29, 1.82) is 0 Å². The number of carbonyl (C=O) groups is 2. The van der Waals surface area contributed by atoms with Gasteiger partial charge in [0.05, 0.1) is 6.42 Å². The molecule has 2 saturated heterocycles. The van der Waals surface area contributed by atoms with E-state index in [1.807, 2.05) is 17.0 Å². The Bertz CT molecular complexity index is 507. The molecule has 3 rings (SSSR count). The number of nitrogens with zero attached hydrogens (tertiary/aromatic N) is 2. The van der Waals surface area contributed by atoms with Crippen LogP contribution in [0, 0.1) is 5.41 Å². The Balaban J connectivity index is 1.55. The number of nitrogens with one attached hydrogen (secondary N) is 1. The largest absolute Gasteiger partial charge is 0.356 e. The zero-order valence-corrected chi connectivity index (χ0v) is 11.5. The smallest absolute Gasteiger partial charge is 0.226 e. The molecule has 0 radical (unpaired) electrons. The quantitative estimate of drug-likeness (QED) is 0.865. The van der Waals surface area contributed by atoms with Crippen LogP contribution in [0.2, 0.25) is 0 Å². The maximum absolute atomic E-state index is 12.3. The number of hydrogen-bond acceptors (Lipinski definition) is 3. The lowest BCUT2D eigenvalue weighted by atomic mass is 9.77. The average Bonchev–Trinajstić information content (AvgIpc) is 2.81. The van der Waals surface area contributed by atoms with E-state index in [0.29, 0.717) is 12.8 Å². The molecule has 2 fully saturated rings. The maximum Gasteiger partial charge on any atom is 0.226 e. The third-order valence-electron chi connectivity index (χ3n) is 4.48. The van der Waals surface area contributed by atoms with Crippen molar-refractivity contribution in [3.8, 4) is 0 Å². The summed E-state index contributed by atoms with van der Waals surface area (Å²) in [6.07, 6.45) is 6.33. The van der Waals surface area contributed by atoms with Gasteiger partial charge in [0, 0.05) is 38.4 Å². The van der Waals surface area contributed by atoms with Gasteiger partial charge in [0.25, 0.3) is 0 Å². The van der Waals surface area contributed by atoms with Gasteiger partial charge in [-0.05, 0) is 36.0 Å². The molecule has 1 spiro atoms. The van der Waals surface area contributed by atoms with Gasteiger partial charge in [-0.2, -0.15) is 0 Å². The second kappa shape index (κ2) is 5.23. The topological polar surface area (TPSA) is 62.3 Å². The summed E-state index contributed by atoms with van der Waals surface area (Å²) < 4.78 is 0. The fraction of sp³-hybridized carbons (Fsp3) is 0.533. The van der Waals surface area contributed by atoms with Gasteiger partial charge in [0.1, 0.15) is 0 Å². The molecule has 2 aliphatic heterocycles. The highest BCUT2D eigenvalue weighted by Crippen LogP contribution is 2.37. The van der Waals surface area contributed by atoms with Crippen molar-refractivity contribution in [3.05, 3.63) is 30.1 Å². The molecule has 106 valence electrons. The summed E-state index contributed by atoms with van der Waals surface area (Å²) in [5, 5.41) is 2.91. The molecule has 5 nitrogen and oxygen atoms in total. The van der Waals surface area contributed by atoms with E-state index >= 15 is 0 Å². The van der Waals surface area contributed by atoms with Crippen LogP contribution in [-0.2, 0) is 16.0 Å². The van der Waals surface area contributed by atoms with Crippen LogP contribution in [0.3, 0.4) is 0 Å². The molecule has 3 heterocycles. The van der Waals surface area contributed by atoms with Crippen molar-refractivity contribution < 1.29 is 9.59 Å². The molecule has 0 atom stereocenters. The van der Waals surface area contributed by atoms with Gasteiger partial charge in [-0.25, -0.2) is 0 Å². The van der Waals surface area contributed by atoms with Crippen LogP contribution in [0.1, 0.15) is 24.8 Å². The van der Waals surface area contributed by atoms with Gasteiger partial charge in [-0.3, -0.25) is 14.6 Å². The number of piperidine rings is 1. The minimum Gasteiger partial charge on any atom is -0.356 e. The Morgan fingerprint density at radius 3 is 2.60 bits per heavy atom. The molecule has 1 N–H and O–H groups in total. The van der Waals surface area contributed by atoms with E-state index in [1.165, 1.54) is 0 Å². The third-order valence-corrected chi connectivity index (χ3v) is 4.48. The number of aromatic nitrogens is 1. The molecule has 0 aromatic carbocycles. The third kappa shape index (κ3) is 2.66. The summed E-state index contributed by atoms with van der Waals surface area (Å²) in [5.74, 6) is 0.324. The van der Waals surface area contributed by atoms with Gasteiger partial charge in [0.15, 0.2) is 0 Å². The number of rotatable bonds is 2. The summed E-state index contributed by atoms with van der Waals surface area (Å²) >= 11 is 0. The minimum atomic E-state index is 0.102. The van der Waals surface area contributed by atoms with E-state index in [9.17, 15) is 9.59 Å². The molecule has 20 heavy (non-hydrogen) atoms. The summed E-state index contributed by atoms with van der Waals surface area (Å²) in [7, 11) is 0. The van der Waals surface area contributed by atoms with Gasteiger partial charge >= 0.3 is 0 Å². The Morgan fingerprint density at radius 1 is 1.30 bits per heavy atom.